The molecule has 0 radical (unpaired) electrons. The first kappa shape index (κ1) is 12.4. The molecule has 15 heavy (non-hydrogen) atoms. The maximum atomic E-state index is 11.6. The summed E-state index contributed by atoms with van der Waals surface area (Å²) >= 11 is 4.61. The smallest absolute Gasteiger partial charge is 0.262 e. The SMILES string of the molecule is CC(C)C(=O)CNC(=O)c1sccc1Br. The van der Waals surface area contributed by atoms with Gasteiger partial charge in [0.25, 0.3) is 5.91 Å². The molecule has 0 saturated carbocycles. The summed E-state index contributed by atoms with van der Waals surface area (Å²) < 4.78 is 0.766. The van der Waals surface area contributed by atoms with Gasteiger partial charge < -0.3 is 5.32 Å². The first-order valence-electron chi connectivity index (χ1n) is 4.56. The molecule has 0 fully saturated rings. The summed E-state index contributed by atoms with van der Waals surface area (Å²) in [5.41, 5.74) is 0. The normalized spacial score (nSPS) is 10.4. The number of carbonyl (C=O) groups excluding carboxylic acids is 2. The van der Waals surface area contributed by atoms with Crippen LogP contribution in [0.1, 0.15) is 23.5 Å². The molecule has 5 heteroatoms. The summed E-state index contributed by atoms with van der Waals surface area (Å²) in [6.07, 6.45) is 0. The zero-order valence-electron chi connectivity index (χ0n) is 8.54. The molecule has 3 nitrogen and oxygen atoms in total. The lowest BCUT2D eigenvalue weighted by atomic mass is 10.1. The number of Topliss-reactive ketones (excluding diaryl/α,β-unsaturated/α-hetero) is 1. The lowest BCUT2D eigenvalue weighted by molar-refractivity contribution is -0.120. The van der Waals surface area contributed by atoms with Crippen LogP contribution >= 0.6 is 27.3 Å². The number of nitrogens with one attached hydrogen (secondary N) is 1. The lowest BCUT2D eigenvalue weighted by Crippen LogP contribution is -2.31. The van der Waals surface area contributed by atoms with Crippen LogP contribution in [0.25, 0.3) is 0 Å². The van der Waals surface area contributed by atoms with Crippen molar-refractivity contribution in [3.63, 3.8) is 0 Å². The first-order valence-corrected chi connectivity index (χ1v) is 6.23. The number of carbonyl (C=O) groups is 2. The van der Waals surface area contributed by atoms with Gasteiger partial charge in [0.2, 0.25) is 0 Å². The Labute approximate surface area is 101 Å². The van der Waals surface area contributed by atoms with Gasteiger partial charge in [-0.2, -0.15) is 0 Å². The minimum atomic E-state index is -0.203. The first-order chi connectivity index (χ1) is 7.02. The van der Waals surface area contributed by atoms with E-state index in [1.54, 1.807) is 0 Å². The summed E-state index contributed by atoms with van der Waals surface area (Å²) in [4.78, 5) is 23.5. The van der Waals surface area contributed by atoms with Gasteiger partial charge in [0.15, 0.2) is 5.78 Å². The summed E-state index contributed by atoms with van der Waals surface area (Å²) in [6.45, 7) is 3.73. The molecule has 82 valence electrons. The van der Waals surface area contributed by atoms with Gasteiger partial charge in [0, 0.05) is 10.4 Å². The zero-order valence-corrected chi connectivity index (χ0v) is 10.9. The number of hydrogen-bond donors (Lipinski definition) is 1. The van der Waals surface area contributed by atoms with Crippen LogP contribution in [0.15, 0.2) is 15.9 Å². The number of hydrogen-bond acceptors (Lipinski definition) is 3. The van der Waals surface area contributed by atoms with Gasteiger partial charge in [-0.15, -0.1) is 11.3 Å². The highest BCUT2D eigenvalue weighted by Crippen LogP contribution is 2.22. The Bertz CT molecular complexity index is 373. The highest BCUT2D eigenvalue weighted by Gasteiger charge is 2.13. The van der Waals surface area contributed by atoms with Crippen molar-refractivity contribution in [1.82, 2.24) is 5.32 Å². The summed E-state index contributed by atoms with van der Waals surface area (Å²) in [5.74, 6) is -0.209. The summed E-state index contributed by atoms with van der Waals surface area (Å²) in [7, 11) is 0. The Balaban J connectivity index is 2.51. The van der Waals surface area contributed by atoms with E-state index < -0.39 is 0 Å². The molecule has 0 spiro atoms. The molecule has 1 aromatic heterocycles. The molecular formula is C10H12BrNO2S. The van der Waals surface area contributed by atoms with E-state index in [4.69, 9.17) is 0 Å². The Morgan fingerprint density at radius 2 is 2.20 bits per heavy atom. The molecular weight excluding hydrogens is 278 g/mol. The van der Waals surface area contributed by atoms with Crippen molar-refractivity contribution in [2.75, 3.05) is 6.54 Å². The lowest BCUT2D eigenvalue weighted by Gasteiger charge is -2.05. The van der Waals surface area contributed by atoms with Crippen LogP contribution in [0.2, 0.25) is 0 Å². The quantitative estimate of drug-likeness (QED) is 0.926. The van der Waals surface area contributed by atoms with Crippen LogP contribution in [0, 0.1) is 5.92 Å². The van der Waals surface area contributed by atoms with E-state index >= 15 is 0 Å². The number of rotatable bonds is 4. The minimum absolute atomic E-state index is 0.0380. The van der Waals surface area contributed by atoms with Crippen molar-refractivity contribution in [3.8, 4) is 0 Å². The predicted octanol–water partition coefficient (Wildman–Crippen LogP) is 2.47. The van der Waals surface area contributed by atoms with E-state index in [0.29, 0.717) is 4.88 Å². The van der Waals surface area contributed by atoms with Crippen LogP contribution in [0.5, 0.6) is 0 Å². The fraction of sp³-hybridized carbons (Fsp3) is 0.400. The maximum absolute atomic E-state index is 11.6. The molecule has 1 N–H and O–H groups in total. The third-order valence-electron chi connectivity index (χ3n) is 1.89. The van der Waals surface area contributed by atoms with Crippen LogP contribution in [-0.4, -0.2) is 18.2 Å². The zero-order chi connectivity index (χ0) is 11.4. The summed E-state index contributed by atoms with van der Waals surface area (Å²) in [5, 5.41) is 4.42. The molecule has 0 bridgehead atoms. The standard InChI is InChI=1S/C10H12BrNO2S/c1-6(2)8(13)5-12-10(14)9-7(11)3-4-15-9/h3-4,6H,5H2,1-2H3,(H,12,14). The van der Waals surface area contributed by atoms with Gasteiger partial charge >= 0.3 is 0 Å². The topological polar surface area (TPSA) is 46.2 Å². The number of halogens is 1. The van der Waals surface area contributed by atoms with Crippen LogP contribution in [0.3, 0.4) is 0 Å². The molecule has 0 atom stereocenters. The Kier molecular flexibility index (Phi) is 4.47. The molecule has 1 amide bonds. The van der Waals surface area contributed by atoms with E-state index in [1.807, 2.05) is 25.3 Å². The third kappa shape index (κ3) is 3.43. The fourth-order valence-electron chi connectivity index (χ4n) is 0.908. The Morgan fingerprint density at radius 3 is 2.67 bits per heavy atom. The van der Waals surface area contributed by atoms with Crippen molar-refractivity contribution in [1.29, 1.82) is 0 Å². The second-order valence-corrected chi connectivity index (χ2v) is 5.17. The van der Waals surface area contributed by atoms with E-state index in [2.05, 4.69) is 21.2 Å². The fourth-order valence-corrected chi connectivity index (χ4v) is 2.38. The van der Waals surface area contributed by atoms with E-state index in [0.717, 1.165) is 4.47 Å². The van der Waals surface area contributed by atoms with Gasteiger partial charge in [0.05, 0.1) is 6.54 Å². The third-order valence-corrected chi connectivity index (χ3v) is 3.73. The van der Waals surface area contributed by atoms with Gasteiger partial charge in [-0.3, -0.25) is 9.59 Å². The van der Waals surface area contributed by atoms with Gasteiger partial charge in [0.1, 0.15) is 4.88 Å². The monoisotopic (exact) mass is 289 g/mol. The molecule has 0 aliphatic carbocycles. The second kappa shape index (κ2) is 5.42. The Morgan fingerprint density at radius 1 is 1.53 bits per heavy atom. The number of thiophene rings is 1. The average molecular weight is 290 g/mol. The molecule has 0 aliphatic heterocycles. The Hall–Kier alpha value is -0.680. The van der Waals surface area contributed by atoms with Crippen LogP contribution in [0.4, 0.5) is 0 Å². The molecule has 1 aromatic rings. The van der Waals surface area contributed by atoms with Gasteiger partial charge in [-0.05, 0) is 27.4 Å². The van der Waals surface area contributed by atoms with Crippen molar-refractivity contribution in [2.24, 2.45) is 5.92 Å². The van der Waals surface area contributed by atoms with Gasteiger partial charge in [-0.25, -0.2) is 0 Å². The maximum Gasteiger partial charge on any atom is 0.262 e. The predicted molar refractivity (Wildman–Crippen MR) is 64.2 cm³/mol. The van der Waals surface area contributed by atoms with Crippen molar-refractivity contribution >= 4 is 39.0 Å². The van der Waals surface area contributed by atoms with Crippen molar-refractivity contribution in [3.05, 3.63) is 20.8 Å². The van der Waals surface area contributed by atoms with Crippen molar-refractivity contribution < 1.29 is 9.59 Å². The molecule has 0 saturated heterocycles. The van der Waals surface area contributed by atoms with Gasteiger partial charge in [-0.1, -0.05) is 13.8 Å². The molecule has 0 aromatic carbocycles. The highest BCUT2D eigenvalue weighted by atomic mass is 79.9. The minimum Gasteiger partial charge on any atom is -0.344 e. The van der Waals surface area contributed by atoms with Crippen LogP contribution < -0.4 is 5.32 Å². The van der Waals surface area contributed by atoms with E-state index in [9.17, 15) is 9.59 Å². The second-order valence-electron chi connectivity index (χ2n) is 3.40. The van der Waals surface area contributed by atoms with E-state index in [1.165, 1.54) is 11.3 Å². The molecule has 1 rings (SSSR count). The summed E-state index contributed by atoms with van der Waals surface area (Å²) in [6, 6.07) is 1.81. The van der Waals surface area contributed by atoms with E-state index in [-0.39, 0.29) is 24.2 Å². The van der Waals surface area contributed by atoms with Crippen molar-refractivity contribution in [2.45, 2.75) is 13.8 Å². The highest BCUT2D eigenvalue weighted by molar-refractivity contribution is 9.10. The average Bonchev–Trinajstić information content (AvgIpc) is 2.60. The largest absolute Gasteiger partial charge is 0.344 e. The molecule has 0 unspecified atom stereocenters. The molecule has 1 heterocycles. The number of ketones is 1. The number of amides is 1. The van der Waals surface area contributed by atoms with Crippen LogP contribution in [-0.2, 0) is 4.79 Å². The molecule has 0 aliphatic rings.